The molecule has 2 heteroatoms. The summed E-state index contributed by atoms with van der Waals surface area (Å²) in [6.07, 6.45) is 4.55. The third-order valence-corrected chi connectivity index (χ3v) is 3.47. The van der Waals surface area contributed by atoms with Gasteiger partial charge in [-0.15, -0.1) is 0 Å². The molecular formula is C15H14N2. The topological polar surface area (TPSA) is 39.6 Å². The van der Waals surface area contributed by atoms with Crippen molar-refractivity contribution in [3.05, 3.63) is 47.2 Å². The van der Waals surface area contributed by atoms with Crippen molar-refractivity contribution in [1.29, 1.82) is 5.26 Å². The Balaban J connectivity index is 2.18. The number of nitriles is 1. The maximum atomic E-state index is 9.35. The molecule has 1 aromatic heterocycles. The van der Waals surface area contributed by atoms with Crippen molar-refractivity contribution in [1.82, 2.24) is 4.98 Å². The van der Waals surface area contributed by atoms with E-state index in [1.54, 1.807) is 0 Å². The maximum absolute atomic E-state index is 9.35. The van der Waals surface area contributed by atoms with Gasteiger partial charge in [0.2, 0.25) is 0 Å². The van der Waals surface area contributed by atoms with E-state index in [1.807, 2.05) is 18.2 Å². The minimum Gasteiger partial charge on any atom is -0.357 e. The van der Waals surface area contributed by atoms with Crippen molar-refractivity contribution in [2.24, 2.45) is 0 Å². The molecule has 0 unspecified atom stereocenters. The number of nitrogens with zero attached hydrogens (tertiary/aromatic N) is 1. The molecule has 2 aromatic rings. The number of hydrogen-bond donors (Lipinski definition) is 1. The van der Waals surface area contributed by atoms with Gasteiger partial charge in [0.15, 0.2) is 0 Å². The summed E-state index contributed by atoms with van der Waals surface area (Å²) in [5.74, 6) is 0. The van der Waals surface area contributed by atoms with E-state index in [4.69, 9.17) is 0 Å². The number of H-pyrrole nitrogens is 1. The quantitative estimate of drug-likeness (QED) is 0.788. The van der Waals surface area contributed by atoms with Crippen LogP contribution in [0.15, 0.2) is 30.3 Å². The molecule has 1 aliphatic rings. The molecule has 0 saturated carbocycles. The van der Waals surface area contributed by atoms with Gasteiger partial charge >= 0.3 is 0 Å². The van der Waals surface area contributed by atoms with Crippen LogP contribution in [0, 0.1) is 11.3 Å². The Morgan fingerprint density at radius 2 is 1.82 bits per heavy atom. The summed E-state index contributed by atoms with van der Waals surface area (Å²) in [6, 6.07) is 12.5. The molecule has 0 atom stereocenters. The molecule has 3 rings (SSSR count). The van der Waals surface area contributed by atoms with E-state index >= 15 is 0 Å². The van der Waals surface area contributed by atoms with Crippen LogP contribution in [-0.4, -0.2) is 4.98 Å². The lowest BCUT2D eigenvalue weighted by atomic mass is 9.94. The highest BCUT2D eigenvalue weighted by atomic mass is 14.7. The largest absolute Gasteiger partial charge is 0.357 e. The number of hydrogen-bond acceptors (Lipinski definition) is 1. The van der Waals surface area contributed by atoms with E-state index in [0.29, 0.717) is 0 Å². The molecule has 0 bridgehead atoms. The smallest absolute Gasteiger partial charge is 0.102 e. The summed E-state index contributed by atoms with van der Waals surface area (Å²) in [5.41, 5.74) is 5.48. The molecule has 1 aromatic carbocycles. The third kappa shape index (κ3) is 1.64. The number of fused-ring (bicyclic) bond motifs is 1. The number of aryl methyl sites for hydroxylation is 1. The SMILES string of the molecule is N#Cc1c(-c2ccccc2)[nH]c2c1CCCC2. The van der Waals surface area contributed by atoms with Crippen LogP contribution in [0.3, 0.4) is 0 Å². The zero-order chi connectivity index (χ0) is 11.7. The Morgan fingerprint density at radius 3 is 2.59 bits per heavy atom. The fraction of sp³-hybridized carbons (Fsp3) is 0.267. The van der Waals surface area contributed by atoms with Crippen LogP contribution in [0.5, 0.6) is 0 Å². The first-order valence-corrected chi connectivity index (χ1v) is 6.09. The van der Waals surface area contributed by atoms with Gasteiger partial charge in [-0.2, -0.15) is 5.26 Å². The second kappa shape index (κ2) is 4.10. The van der Waals surface area contributed by atoms with E-state index in [-0.39, 0.29) is 0 Å². The molecule has 1 N–H and O–H groups in total. The minimum atomic E-state index is 0.853. The van der Waals surface area contributed by atoms with Crippen molar-refractivity contribution in [2.45, 2.75) is 25.7 Å². The fourth-order valence-electron chi connectivity index (χ4n) is 2.63. The average Bonchev–Trinajstić information content (AvgIpc) is 2.78. The molecule has 0 amide bonds. The van der Waals surface area contributed by atoms with Crippen molar-refractivity contribution >= 4 is 0 Å². The molecule has 0 saturated heterocycles. The Labute approximate surface area is 101 Å². The monoisotopic (exact) mass is 222 g/mol. The molecule has 1 aliphatic carbocycles. The van der Waals surface area contributed by atoms with Gasteiger partial charge in [0, 0.05) is 5.69 Å². The van der Waals surface area contributed by atoms with Crippen molar-refractivity contribution in [2.75, 3.05) is 0 Å². The van der Waals surface area contributed by atoms with Crippen LogP contribution in [0.2, 0.25) is 0 Å². The Bertz CT molecular complexity index is 573. The average molecular weight is 222 g/mol. The number of nitrogens with one attached hydrogen (secondary N) is 1. The normalized spacial score (nSPS) is 14.1. The maximum Gasteiger partial charge on any atom is 0.102 e. The summed E-state index contributed by atoms with van der Waals surface area (Å²) in [5, 5.41) is 9.35. The van der Waals surface area contributed by atoms with E-state index in [2.05, 4.69) is 23.2 Å². The molecule has 2 nitrogen and oxygen atoms in total. The lowest BCUT2D eigenvalue weighted by Gasteiger charge is -2.09. The molecule has 0 fully saturated rings. The first-order chi connectivity index (χ1) is 8.40. The standard InChI is InChI=1S/C15H14N2/c16-10-13-12-8-4-5-9-14(12)17-15(13)11-6-2-1-3-7-11/h1-3,6-7,17H,4-5,8-9H2. The van der Waals surface area contributed by atoms with Gasteiger partial charge in [0.1, 0.15) is 6.07 Å². The van der Waals surface area contributed by atoms with Gasteiger partial charge in [-0.3, -0.25) is 0 Å². The van der Waals surface area contributed by atoms with Gasteiger partial charge < -0.3 is 4.98 Å². The van der Waals surface area contributed by atoms with Crippen LogP contribution in [0.1, 0.15) is 29.7 Å². The summed E-state index contributed by atoms with van der Waals surface area (Å²) >= 11 is 0. The van der Waals surface area contributed by atoms with E-state index in [1.165, 1.54) is 24.1 Å². The van der Waals surface area contributed by atoms with Crippen LogP contribution in [0.25, 0.3) is 11.3 Å². The van der Waals surface area contributed by atoms with E-state index in [0.717, 1.165) is 29.7 Å². The first kappa shape index (κ1) is 10.2. The van der Waals surface area contributed by atoms with Gasteiger partial charge in [-0.1, -0.05) is 30.3 Å². The number of aromatic nitrogens is 1. The molecule has 0 spiro atoms. The van der Waals surface area contributed by atoms with E-state index in [9.17, 15) is 5.26 Å². The van der Waals surface area contributed by atoms with Gasteiger partial charge in [-0.25, -0.2) is 0 Å². The Morgan fingerprint density at radius 1 is 1.06 bits per heavy atom. The highest BCUT2D eigenvalue weighted by Gasteiger charge is 2.20. The summed E-state index contributed by atoms with van der Waals surface area (Å²) in [4.78, 5) is 3.45. The van der Waals surface area contributed by atoms with Crippen LogP contribution >= 0.6 is 0 Å². The highest BCUT2D eigenvalue weighted by Crippen LogP contribution is 2.31. The van der Waals surface area contributed by atoms with Gasteiger partial charge in [0.05, 0.1) is 11.3 Å². The zero-order valence-corrected chi connectivity index (χ0v) is 9.66. The predicted molar refractivity (Wildman–Crippen MR) is 67.6 cm³/mol. The summed E-state index contributed by atoms with van der Waals surface area (Å²) in [7, 11) is 0. The zero-order valence-electron chi connectivity index (χ0n) is 9.66. The van der Waals surface area contributed by atoms with Gasteiger partial charge in [-0.05, 0) is 36.8 Å². The van der Waals surface area contributed by atoms with Crippen LogP contribution < -0.4 is 0 Å². The summed E-state index contributed by atoms with van der Waals surface area (Å²) in [6.45, 7) is 0. The lowest BCUT2D eigenvalue weighted by Crippen LogP contribution is -2.01. The highest BCUT2D eigenvalue weighted by molar-refractivity contribution is 5.70. The number of rotatable bonds is 1. The molecule has 0 radical (unpaired) electrons. The molecular weight excluding hydrogens is 208 g/mol. The molecule has 84 valence electrons. The predicted octanol–water partition coefficient (Wildman–Crippen LogP) is 3.43. The second-order valence-electron chi connectivity index (χ2n) is 4.52. The van der Waals surface area contributed by atoms with Crippen LogP contribution in [0.4, 0.5) is 0 Å². The summed E-state index contributed by atoms with van der Waals surface area (Å²) < 4.78 is 0. The van der Waals surface area contributed by atoms with Crippen LogP contribution in [-0.2, 0) is 12.8 Å². The molecule has 1 heterocycles. The van der Waals surface area contributed by atoms with Crippen molar-refractivity contribution < 1.29 is 0 Å². The molecule has 0 aliphatic heterocycles. The van der Waals surface area contributed by atoms with Gasteiger partial charge in [0.25, 0.3) is 0 Å². The van der Waals surface area contributed by atoms with Crippen molar-refractivity contribution in [3.63, 3.8) is 0 Å². The fourth-order valence-corrected chi connectivity index (χ4v) is 2.63. The number of aromatic amines is 1. The lowest BCUT2D eigenvalue weighted by molar-refractivity contribution is 0.676. The molecule has 17 heavy (non-hydrogen) atoms. The number of benzene rings is 1. The van der Waals surface area contributed by atoms with E-state index < -0.39 is 0 Å². The minimum absolute atomic E-state index is 0.853. The van der Waals surface area contributed by atoms with Crippen molar-refractivity contribution in [3.8, 4) is 17.3 Å². The Hall–Kier alpha value is -2.01. The Kier molecular flexibility index (Phi) is 2.45. The second-order valence-corrected chi connectivity index (χ2v) is 4.52. The third-order valence-electron chi connectivity index (χ3n) is 3.47. The first-order valence-electron chi connectivity index (χ1n) is 6.09.